The number of benzene rings is 1. The summed E-state index contributed by atoms with van der Waals surface area (Å²) < 4.78 is 0. The van der Waals surface area contributed by atoms with Gasteiger partial charge in [-0.3, -0.25) is 9.78 Å². The maximum absolute atomic E-state index is 12.2. The molecular weight excluding hydrogens is 274 g/mol. The van der Waals surface area contributed by atoms with Crippen molar-refractivity contribution in [3.8, 4) is 0 Å². The lowest BCUT2D eigenvalue weighted by Gasteiger charge is -2.26. The van der Waals surface area contributed by atoms with Crippen LogP contribution in [0.5, 0.6) is 0 Å². The smallest absolute Gasteiger partial charge is 0.241 e. The van der Waals surface area contributed by atoms with Gasteiger partial charge in [-0.2, -0.15) is 0 Å². The minimum Gasteiger partial charge on any atom is -0.324 e. The van der Waals surface area contributed by atoms with E-state index in [-0.39, 0.29) is 11.3 Å². The highest BCUT2D eigenvalue weighted by molar-refractivity contribution is 6.35. The lowest BCUT2D eigenvalue weighted by atomic mass is 9.87. The normalized spacial score (nSPS) is 13.2. The van der Waals surface area contributed by atoms with Crippen LogP contribution in [0.25, 0.3) is 10.9 Å². The molecule has 0 aliphatic heterocycles. The van der Waals surface area contributed by atoms with Crippen molar-refractivity contribution in [1.82, 2.24) is 4.98 Å². The predicted octanol–water partition coefficient (Wildman–Crippen LogP) is 3.20. The Balaban J connectivity index is 2.36. The van der Waals surface area contributed by atoms with Gasteiger partial charge in [0.25, 0.3) is 0 Å². The topological polar surface area (TPSA) is 68.0 Å². The highest BCUT2D eigenvalue weighted by Crippen LogP contribution is 2.28. The number of fused-ring (bicyclic) bond motifs is 1. The van der Waals surface area contributed by atoms with Gasteiger partial charge in [-0.15, -0.1) is 0 Å². The molecule has 0 saturated heterocycles. The molecule has 1 atom stereocenters. The Morgan fingerprint density at radius 3 is 2.70 bits per heavy atom. The first-order valence-corrected chi connectivity index (χ1v) is 6.78. The van der Waals surface area contributed by atoms with Crippen LogP contribution in [0.4, 0.5) is 5.69 Å². The fourth-order valence-corrected chi connectivity index (χ4v) is 2.06. The summed E-state index contributed by atoms with van der Waals surface area (Å²) in [5, 5.41) is 4.21. The molecule has 2 aromatic rings. The lowest BCUT2D eigenvalue weighted by molar-refractivity contribution is -0.119. The third-order valence-electron chi connectivity index (χ3n) is 3.19. The van der Waals surface area contributed by atoms with Crippen molar-refractivity contribution in [3.05, 3.63) is 35.5 Å². The minimum atomic E-state index is -0.593. The second kappa shape index (κ2) is 5.38. The second-order valence-electron chi connectivity index (χ2n) is 5.83. The summed E-state index contributed by atoms with van der Waals surface area (Å²) in [5.41, 5.74) is 6.99. The van der Waals surface area contributed by atoms with Crippen LogP contribution in [0.1, 0.15) is 20.8 Å². The van der Waals surface area contributed by atoms with Crippen molar-refractivity contribution in [2.45, 2.75) is 26.8 Å². The molecule has 1 amide bonds. The first-order chi connectivity index (χ1) is 9.30. The summed E-state index contributed by atoms with van der Waals surface area (Å²) in [7, 11) is 0. The SMILES string of the molecule is CC(C)(C)C(N)C(=O)Nc1ccc(Cl)c2ncccc12. The van der Waals surface area contributed by atoms with Gasteiger partial charge in [0, 0.05) is 11.6 Å². The first kappa shape index (κ1) is 14.8. The Bertz CT molecular complexity index is 649. The molecule has 1 unspecified atom stereocenters. The Morgan fingerprint density at radius 1 is 1.35 bits per heavy atom. The highest BCUT2D eigenvalue weighted by atomic mass is 35.5. The number of carbonyl (C=O) groups excluding carboxylic acids is 1. The molecule has 1 aromatic heterocycles. The number of aromatic nitrogens is 1. The number of hydrogen-bond acceptors (Lipinski definition) is 3. The lowest BCUT2D eigenvalue weighted by Crippen LogP contribution is -2.45. The number of anilines is 1. The quantitative estimate of drug-likeness (QED) is 0.893. The molecule has 106 valence electrons. The van der Waals surface area contributed by atoms with Crippen molar-refractivity contribution in [1.29, 1.82) is 0 Å². The number of carbonyl (C=O) groups is 1. The molecule has 0 fully saturated rings. The summed E-state index contributed by atoms with van der Waals surface area (Å²) >= 11 is 6.10. The zero-order valence-electron chi connectivity index (χ0n) is 11.8. The van der Waals surface area contributed by atoms with Crippen molar-refractivity contribution in [2.24, 2.45) is 11.1 Å². The van der Waals surface area contributed by atoms with Gasteiger partial charge in [0.15, 0.2) is 0 Å². The number of halogens is 1. The van der Waals surface area contributed by atoms with Gasteiger partial charge in [-0.1, -0.05) is 32.4 Å². The molecule has 1 heterocycles. The molecule has 0 aliphatic rings. The number of nitrogens with two attached hydrogens (primary N) is 1. The molecule has 3 N–H and O–H groups in total. The van der Waals surface area contributed by atoms with E-state index in [1.54, 1.807) is 24.4 Å². The summed E-state index contributed by atoms with van der Waals surface area (Å²) in [6.45, 7) is 5.79. The van der Waals surface area contributed by atoms with E-state index in [1.807, 2.05) is 26.8 Å². The third kappa shape index (κ3) is 2.92. The van der Waals surface area contributed by atoms with Crippen LogP contribution in [0.3, 0.4) is 0 Å². The van der Waals surface area contributed by atoms with E-state index >= 15 is 0 Å². The number of amides is 1. The largest absolute Gasteiger partial charge is 0.324 e. The fraction of sp³-hybridized carbons (Fsp3) is 0.333. The van der Waals surface area contributed by atoms with Crippen LogP contribution >= 0.6 is 11.6 Å². The Hall–Kier alpha value is -1.65. The molecular formula is C15H18ClN3O. The number of rotatable bonds is 2. The number of nitrogens with one attached hydrogen (secondary N) is 1. The zero-order valence-corrected chi connectivity index (χ0v) is 12.5. The monoisotopic (exact) mass is 291 g/mol. The average molecular weight is 292 g/mol. The van der Waals surface area contributed by atoms with Gasteiger partial charge in [-0.25, -0.2) is 0 Å². The summed E-state index contributed by atoms with van der Waals surface area (Å²) in [6.07, 6.45) is 1.67. The van der Waals surface area contributed by atoms with E-state index in [0.717, 1.165) is 5.39 Å². The first-order valence-electron chi connectivity index (χ1n) is 6.40. The molecule has 5 heteroatoms. The molecule has 20 heavy (non-hydrogen) atoms. The van der Waals surface area contributed by atoms with E-state index in [1.165, 1.54) is 0 Å². The predicted molar refractivity (Wildman–Crippen MR) is 82.8 cm³/mol. The van der Waals surface area contributed by atoms with Crippen LogP contribution in [0, 0.1) is 5.41 Å². The standard InChI is InChI=1S/C15H18ClN3O/c1-15(2,3)13(17)14(20)19-11-7-6-10(16)12-9(11)5-4-8-18-12/h4-8,13H,17H2,1-3H3,(H,19,20). The summed E-state index contributed by atoms with van der Waals surface area (Å²) in [4.78, 5) is 16.4. The van der Waals surface area contributed by atoms with Gasteiger partial charge in [0.05, 0.1) is 22.3 Å². The zero-order chi connectivity index (χ0) is 14.9. The molecule has 0 saturated carbocycles. The molecule has 0 radical (unpaired) electrons. The van der Waals surface area contributed by atoms with Crippen LogP contribution in [-0.2, 0) is 4.79 Å². The highest BCUT2D eigenvalue weighted by Gasteiger charge is 2.27. The number of hydrogen-bond donors (Lipinski definition) is 2. The maximum atomic E-state index is 12.2. The van der Waals surface area contributed by atoms with Crippen LogP contribution in [-0.4, -0.2) is 16.9 Å². The number of nitrogens with zero attached hydrogens (tertiary/aromatic N) is 1. The van der Waals surface area contributed by atoms with Crippen molar-refractivity contribution in [3.63, 3.8) is 0 Å². The van der Waals surface area contributed by atoms with Crippen LogP contribution < -0.4 is 11.1 Å². The average Bonchev–Trinajstić information content (AvgIpc) is 2.40. The summed E-state index contributed by atoms with van der Waals surface area (Å²) in [5.74, 6) is -0.218. The summed E-state index contributed by atoms with van der Waals surface area (Å²) in [6, 6.07) is 6.56. The van der Waals surface area contributed by atoms with Gasteiger partial charge >= 0.3 is 0 Å². The van der Waals surface area contributed by atoms with E-state index < -0.39 is 6.04 Å². The van der Waals surface area contributed by atoms with Gasteiger partial charge in [-0.05, 0) is 29.7 Å². The molecule has 4 nitrogen and oxygen atoms in total. The Kier molecular flexibility index (Phi) is 3.97. The van der Waals surface area contributed by atoms with Gasteiger partial charge in [0.1, 0.15) is 0 Å². The van der Waals surface area contributed by atoms with Crippen LogP contribution in [0.2, 0.25) is 5.02 Å². The minimum absolute atomic E-state index is 0.218. The van der Waals surface area contributed by atoms with E-state index in [2.05, 4.69) is 10.3 Å². The second-order valence-corrected chi connectivity index (χ2v) is 6.23. The van der Waals surface area contributed by atoms with Gasteiger partial charge in [0.2, 0.25) is 5.91 Å². The maximum Gasteiger partial charge on any atom is 0.241 e. The van der Waals surface area contributed by atoms with E-state index in [4.69, 9.17) is 17.3 Å². The van der Waals surface area contributed by atoms with Crippen LogP contribution in [0.15, 0.2) is 30.5 Å². The van der Waals surface area contributed by atoms with Crippen molar-refractivity contribution >= 4 is 34.1 Å². The molecule has 0 aliphatic carbocycles. The van der Waals surface area contributed by atoms with Gasteiger partial charge < -0.3 is 11.1 Å². The molecule has 0 spiro atoms. The Labute approximate surface area is 123 Å². The molecule has 0 bridgehead atoms. The van der Waals surface area contributed by atoms with Crippen molar-refractivity contribution in [2.75, 3.05) is 5.32 Å². The van der Waals surface area contributed by atoms with E-state index in [9.17, 15) is 4.79 Å². The Morgan fingerprint density at radius 2 is 2.05 bits per heavy atom. The molecule has 2 rings (SSSR count). The number of pyridine rings is 1. The van der Waals surface area contributed by atoms with E-state index in [0.29, 0.717) is 16.2 Å². The molecule has 1 aromatic carbocycles. The third-order valence-corrected chi connectivity index (χ3v) is 3.50. The van der Waals surface area contributed by atoms with Crippen molar-refractivity contribution < 1.29 is 4.79 Å². The fourth-order valence-electron chi connectivity index (χ4n) is 1.85.